The summed E-state index contributed by atoms with van der Waals surface area (Å²) in [5.41, 5.74) is 4.05. The monoisotopic (exact) mass is 636 g/mol. The molecule has 0 atom stereocenters. The summed E-state index contributed by atoms with van der Waals surface area (Å²) < 4.78 is 68.2. The van der Waals surface area contributed by atoms with Gasteiger partial charge < -0.3 is 0 Å². The predicted octanol–water partition coefficient (Wildman–Crippen LogP) is 7.77. The molecule has 0 amide bonds. The van der Waals surface area contributed by atoms with Crippen LogP contribution in [0.2, 0.25) is 0 Å². The smallest absolute Gasteiger partial charge is 0.282 e. The van der Waals surface area contributed by atoms with Gasteiger partial charge in [-0.25, -0.2) is 9.97 Å². The van der Waals surface area contributed by atoms with Gasteiger partial charge in [-0.05, 0) is 85.6 Å². The first-order chi connectivity index (χ1) is 19.9. The zero-order valence-electron chi connectivity index (χ0n) is 21.9. The Kier molecular flexibility index (Phi) is 7.00. The highest BCUT2D eigenvalue weighted by Gasteiger charge is 2.22. The van der Waals surface area contributed by atoms with Crippen molar-refractivity contribution in [1.82, 2.24) is 9.97 Å². The molecule has 212 valence electrons. The summed E-state index contributed by atoms with van der Waals surface area (Å²) in [6, 6.07) is 21.2. The van der Waals surface area contributed by atoms with Gasteiger partial charge >= 0.3 is 0 Å². The van der Waals surface area contributed by atoms with Gasteiger partial charge in [0.1, 0.15) is 30.8 Å². The topological polar surface area (TPSA) is 159 Å². The number of hydrogen-bond acceptors (Lipinski definition) is 10. The van der Waals surface area contributed by atoms with Gasteiger partial charge in [-0.15, -0.1) is 22.7 Å². The van der Waals surface area contributed by atoms with E-state index in [4.69, 9.17) is 0 Å². The summed E-state index contributed by atoms with van der Waals surface area (Å²) in [4.78, 5) is 8.60. The van der Waals surface area contributed by atoms with Crippen LogP contribution >= 0.6 is 22.7 Å². The lowest BCUT2D eigenvalue weighted by Crippen LogP contribution is -2.01. The number of fused-ring (bicyclic) bond motifs is 2. The van der Waals surface area contributed by atoms with Crippen LogP contribution in [0.4, 0.5) is 11.4 Å². The van der Waals surface area contributed by atoms with Gasteiger partial charge in [0.15, 0.2) is 0 Å². The van der Waals surface area contributed by atoms with Crippen molar-refractivity contribution >= 4 is 74.7 Å². The number of benzene rings is 4. The second kappa shape index (κ2) is 10.4. The molecule has 0 spiro atoms. The number of thiazole rings is 2. The Morgan fingerprint density at radius 1 is 0.571 bits per heavy atom. The number of aryl methyl sites for hydroxylation is 2. The van der Waals surface area contributed by atoms with E-state index in [2.05, 4.69) is 20.2 Å². The Morgan fingerprint density at radius 2 is 0.929 bits per heavy atom. The van der Waals surface area contributed by atoms with Crippen molar-refractivity contribution in [2.45, 2.75) is 23.6 Å². The van der Waals surface area contributed by atoms with Crippen molar-refractivity contribution in [2.75, 3.05) is 0 Å². The van der Waals surface area contributed by atoms with Crippen LogP contribution in [0.15, 0.2) is 92.8 Å². The minimum atomic E-state index is -4.42. The largest absolute Gasteiger partial charge is 0.296 e. The van der Waals surface area contributed by atoms with Crippen molar-refractivity contribution in [3.8, 4) is 21.1 Å². The maximum absolute atomic E-state index is 11.9. The summed E-state index contributed by atoms with van der Waals surface area (Å²) in [5, 5.41) is 9.78. The van der Waals surface area contributed by atoms with Gasteiger partial charge in [-0.3, -0.25) is 9.11 Å². The molecule has 0 aliphatic heterocycles. The average molecular weight is 637 g/mol. The lowest BCUT2D eigenvalue weighted by Gasteiger charge is -2.02. The van der Waals surface area contributed by atoms with Crippen molar-refractivity contribution in [3.05, 3.63) is 83.9 Å². The van der Waals surface area contributed by atoms with E-state index in [-0.39, 0.29) is 20.8 Å². The molecule has 4 aromatic carbocycles. The highest BCUT2D eigenvalue weighted by atomic mass is 32.2. The van der Waals surface area contributed by atoms with Gasteiger partial charge in [-0.2, -0.15) is 27.1 Å². The molecule has 6 rings (SSSR count). The first-order valence-corrected chi connectivity index (χ1v) is 16.8. The second-order valence-corrected chi connectivity index (χ2v) is 14.2. The van der Waals surface area contributed by atoms with Crippen molar-refractivity contribution in [3.63, 3.8) is 0 Å². The van der Waals surface area contributed by atoms with E-state index in [9.17, 15) is 25.9 Å². The van der Waals surface area contributed by atoms with Crippen LogP contribution in [0.25, 0.3) is 41.6 Å². The molecule has 0 bridgehead atoms. The highest BCUT2D eigenvalue weighted by Crippen LogP contribution is 2.37. The molecule has 0 aliphatic carbocycles. The van der Waals surface area contributed by atoms with E-state index < -0.39 is 20.2 Å². The molecule has 0 unspecified atom stereocenters. The zero-order chi connectivity index (χ0) is 29.8. The lowest BCUT2D eigenvalue weighted by molar-refractivity contribution is 0.481. The molecular formula is C28H20N4O6S4. The Labute approximate surface area is 248 Å². The number of nitrogens with zero attached hydrogens (tertiary/aromatic N) is 4. The standard InChI is InChI=1S/C28H20N4O6S4/c1-15-3-13-21-23(25(15)41(33,34)35)29-27(39-21)17-5-9-19(10-6-17)31-32-20-11-7-18(8-12-20)28-30-24-22(40-28)14-4-16(2)26(24)42(36,37)38/h3-14H,1-2H3,(H,33,34,35)(H,36,37,38). The van der Waals surface area contributed by atoms with Crippen LogP contribution in [-0.2, 0) is 20.2 Å². The average Bonchev–Trinajstić information content (AvgIpc) is 3.55. The first kappa shape index (κ1) is 28.2. The Hall–Kier alpha value is -3.92. The number of hydrogen-bond donors (Lipinski definition) is 2. The molecule has 0 aliphatic rings. The minimum absolute atomic E-state index is 0.181. The highest BCUT2D eigenvalue weighted by molar-refractivity contribution is 7.86. The van der Waals surface area contributed by atoms with E-state index in [1.54, 1.807) is 62.4 Å². The van der Waals surface area contributed by atoms with Crippen molar-refractivity contribution < 1.29 is 25.9 Å². The fraction of sp³-hybridized carbons (Fsp3) is 0.0714. The molecule has 0 saturated carbocycles. The summed E-state index contributed by atoms with van der Waals surface area (Å²) in [5.74, 6) is 0. The van der Waals surface area contributed by atoms with E-state index >= 15 is 0 Å². The summed E-state index contributed by atoms with van der Waals surface area (Å²) in [6.45, 7) is 3.22. The Balaban J connectivity index is 1.22. The molecule has 10 nitrogen and oxygen atoms in total. The maximum atomic E-state index is 11.9. The molecule has 42 heavy (non-hydrogen) atoms. The molecule has 2 aromatic heterocycles. The second-order valence-electron chi connectivity index (χ2n) is 9.40. The molecule has 2 heterocycles. The Morgan fingerprint density at radius 3 is 1.26 bits per heavy atom. The molecule has 6 aromatic rings. The van der Waals surface area contributed by atoms with Gasteiger partial charge in [0.05, 0.1) is 20.8 Å². The van der Waals surface area contributed by atoms with Gasteiger partial charge in [0, 0.05) is 11.1 Å². The molecule has 14 heteroatoms. The summed E-state index contributed by atoms with van der Waals surface area (Å²) in [6.07, 6.45) is 0. The third-order valence-electron chi connectivity index (χ3n) is 6.45. The predicted molar refractivity (Wildman–Crippen MR) is 163 cm³/mol. The third kappa shape index (κ3) is 5.35. The normalized spacial score (nSPS) is 12.6. The summed E-state index contributed by atoms with van der Waals surface area (Å²) in [7, 11) is -8.84. The SMILES string of the molecule is Cc1ccc2sc(-c3ccc(N=Nc4ccc(-c5nc6c(S(=O)(=O)O)c(C)ccc6s5)cc4)cc3)nc2c1S(=O)(=O)O. The van der Waals surface area contributed by atoms with Crippen molar-refractivity contribution in [2.24, 2.45) is 10.2 Å². The van der Waals surface area contributed by atoms with Gasteiger partial charge in [-0.1, -0.05) is 12.1 Å². The van der Waals surface area contributed by atoms with E-state index in [1.165, 1.54) is 22.7 Å². The molecule has 2 N–H and O–H groups in total. The molecule has 0 fully saturated rings. The van der Waals surface area contributed by atoms with Crippen LogP contribution in [0.5, 0.6) is 0 Å². The summed E-state index contributed by atoms with van der Waals surface area (Å²) >= 11 is 2.64. The van der Waals surface area contributed by atoms with E-state index in [1.807, 2.05) is 24.3 Å². The zero-order valence-corrected chi connectivity index (χ0v) is 25.1. The van der Waals surface area contributed by atoms with Crippen LogP contribution < -0.4 is 0 Å². The van der Waals surface area contributed by atoms with Gasteiger partial charge in [0.2, 0.25) is 0 Å². The molecule has 0 radical (unpaired) electrons. The van der Waals surface area contributed by atoms with Crippen LogP contribution in [0, 0.1) is 13.8 Å². The van der Waals surface area contributed by atoms with Crippen LogP contribution in [-0.4, -0.2) is 35.9 Å². The van der Waals surface area contributed by atoms with E-state index in [0.717, 1.165) is 11.1 Å². The fourth-order valence-corrected chi connectivity index (χ4v) is 8.33. The van der Waals surface area contributed by atoms with Gasteiger partial charge in [0.25, 0.3) is 20.2 Å². The van der Waals surface area contributed by atoms with Crippen molar-refractivity contribution in [1.29, 1.82) is 0 Å². The fourth-order valence-electron chi connectivity index (χ4n) is 4.50. The molecule has 0 saturated heterocycles. The van der Waals surface area contributed by atoms with E-state index in [0.29, 0.717) is 41.9 Å². The minimum Gasteiger partial charge on any atom is -0.282 e. The number of azo groups is 1. The van der Waals surface area contributed by atoms with Crippen LogP contribution in [0.1, 0.15) is 11.1 Å². The third-order valence-corrected chi connectivity index (χ3v) is 10.6. The lowest BCUT2D eigenvalue weighted by atomic mass is 10.2. The molecular weight excluding hydrogens is 617 g/mol. The Bertz CT molecular complexity index is 2090. The number of aromatic nitrogens is 2. The van der Waals surface area contributed by atoms with Crippen LogP contribution in [0.3, 0.4) is 0 Å². The quantitative estimate of drug-likeness (QED) is 0.139. The maximum Gasteiger partial charge on any atom is 0.296 e. The number of rotatable bonds is 6. The first-order valence-electron chi connectivity index (χ1n) is 12.3.